The van der Waals surface area contributed by atoms with E-state index < -0.39 is 34.5 Å². The molecule has 0 saturated heterocycles. The van der Waals surface area contributed by atoms with Crippen molar-refractivity contribution in [2.24, 2.45) is 0 Å². The minimum atomic E-state index is -4.16. The molecule has 0 aromatic heterocycles. The Labute approximate surface area is 229 Å². The monoisotopic (exact) mass is 582 g/mol. The number of amides is 1. The smallest absolute Gasteiger partial charge is 0.348 e. The molecule has 0 N–H and O–H groups in total. The van der Waals surface area contributed by atoms with Crippen molar-refractivity contribution in [3.8, 4) is 5.75 Å². The van der Waals surface area contributed by atoms with Gasteiger partial charge in [-0.15, -0.1) is 0 Å². The van der Waals surface area contributed by atoms with Gasteiger partial charge in [-0.2, -0.15) is 4.31 Å². The number of benzene rings is 3. The maximum atomic E-state index is 13.6. The van der Waals surface area contributed by atoms with Crippen LogP contribution in [0.1, 0.15) is 5.56 Å². The Hall–Kier alpha value is -2.82. The van der Waals surface area contributed by atoms with Crippen molar-refractivity contribution in [2.45, 2.75) is 17.5 Å². The van der Waals surface area contributed by atoms with E-state index in [2.05, 4.69) is 0 Å². The van der Waals surface area contributed by atoms with Gasteiger partial charge in [0.25, 0.3) is 0 Å². The summed E-state index contributed by atoms with van der Waals surface area (Å²) in [7, 11) is -2.94. The fraction of sp³-hybridized carbons (Fsp3) is 0.200. The number of halogens is 3. The van der Waals surface area contributed by atoms with Gasteiger partial charge in [0.1, 0.15) is 5.75 Å². The number of para-hydroxylation sites is 2. The molecule has 0 saturated carbocycles. The van der Waals surface area contributed by atoms with Gasteiger partial charge in [0.15, 0.2) is 0 Å². The predicted molar refractivity (Wildman–Crippen MR) is 141 cm³/mol. The lowest BCUT2D eigenvalue weighted by Crippen LogP contribution is -2.50. The van der Waals surface area contributed by atoms with Crippen molar-refractivity contribution >= 4 is 62.4 Å². The Morgan fingerprint density at radius 3 is 2.41 bits per heavy atom. The topological polar surface area (TPSA) is 93.2 Å². The van der Waals surface area contributed by atoms with Gasteiger partial charge in [-0.1, -0.05) is 53.0 Å². The molecule has 0 fully saturated rings. The summed E-state index contributed by atoms with van der Waals surface area (Å²) in [5, 5.41) is 0.926. The van der Waals surface area contributed by atoms with Crippen LogP contribution in [0.2, 0.25) is 15.1 Å². The molecule has 1 amide bonds. The van der Waals surface area contributed by atoms with Crippen LogP contribution in [0, 0.1) is 0 Å². The molecule has 4 rings (SSSR count). The van der Waals surface area contributed by atoms with E-state index in [9.17, 15) is 18.0 Å². The second-order valence-electron chi connectivity index (χ2n) is 8.08. The number of sulfonamides is 1. The maximum Gasteiger partial charge on any atom is 0.348 e. The first-order chi connectivity index (χ1) is 17.6. The molecule has 37 heavy (non-hydrogen) atoms. The summed E-state index contributed by atoms with van der Waals surface area (Å²) in [6.45, 7) is -0.850. The number of hydrogen-bond donors (Lipinski definition) is 0. The number of esters is 1. The highest BCUT2D eigenvalue weighted by molar-refractivity contribution is 7.89. The number of hydrogen-bond acceptors (Lipinski definition) is 6. The molecule has 12 heteroatoms. The minimum Gasteiger partial charge on any atom is -0.475 e. The molecule has 1 aliphatic rings. The number of carbonyl (C=O) groups excluding carboxylic acids is 2. The number of rotatable bonds is 7. The van der Waals surface area contributed by atoms with Crippen molar-refractivity contribution in [3.63, 3.8) is 0 Å². The lowest BCUT2D eigenvalue weighted by molar-refractivity contribution is -0.148. The number of nitrogens with zero attached hydrogens (tertiary/aromatic N) is 2. The second kappa shape index (κ2) is 11.3. The Bertz CT molecular complexity index is 1430. The summed E-state index contributed by atoms with van der Waals surface area (Å²) >= 11 is 18.1. The number of ether oxygens (including phenoxy) is 2. The lowest BCUT2D eigenvalue weighted by atomic mass is 10.2. The van der Waals surface area contributed by atoms with Crippen LogP contribution in [-0.2, 0) is 30.9 Å². The Balaban J connectivity index is 1.70. The first kappa shape index (κ1) is 27.2. The molecule has 8 nitrogen and oxygen atoms in total. The maximum absolute atomic E-state index is 13.6. The van der Waals surface area contributed by atoms with Crippen molar-refractivity contribution in [1.82, 2.24) is 4.31 Å². The minimum absolute atomic E-state index is 0.0421. The van der Waals surface area contributed by atoms with Crippen LogP contribution in [0.15, 0.2) is 71.6 Å². The van der Waals surface area contributed by atoms with Gasteiger partial charge in [-0.3, -0.25) is 4.79 Å². The molecule has 1 aliphatic heterocycles. The van der Waals surface area contributed by atoms with Crippen molar-refractivity contribution in [2.75, 3.05) is 25.1 Å². The van der Waals surface area contributed by atoms with E-state index in [0.717, 1.165) is 4.31 Å². The van der Waals surface area contributed by atoms with E-state index in [1.165, 1.54) is 42.3 Å². The van der Waals surface area contributed by atoms with Gasteiger partial charge in [-0.25, -0.2) is 13.2 Å². The van der Waals surface area contributed by atoms with Gasteiger partial charge >= 0.3 is 5.97 Å². The largest absolute Gasteiger partial charge is 0.475 e. The molecule has 0 aliphatic carbocycles. The zero-order valence-electron chi connectivity index (χ0n) is 19.4. The van der Waals surface area contributed by atoms with E-state index >= 15 is 0 Å². The number of fused-ring (bicyclic) bond motifs is 1. The molecular weight excluding hydrogens is 563 g/mol. The van der Waals surface area contributed by atoms with Crippen molar-refractivity contribution < 1.29 is 27.5 Å². The van der Waals surface area contributed by atoms with Gasteiger partial charge in [-0.05, 0) is 54.1 Å². The lowest BCUT2D eigenvalue weighted by Gasteiger charge is -2.34. The summed E-state index contributed by atoms with van der Waals surface area (Å²) in [6.07, 6.45) is -1.07. The summed E-state index contributed by atoms with van der Waals surface area (Å²) in [4.78, 5) is 27.1. The van der Waals surface area contributed by atoms with Crippen LogP contribution >= 0.6 is 34.8 Å². The normalized spacial score (nSPS) is 15.2. The zero-order chi connectivity index (χ0) is 26.7. The standard InChI is InChI=1S/C25H21Cl3N2O6S/c1-35-25(32)23-14-30(21-4-2-3-5-22(21)36-23)24(31)15-29(13-16-6-11-19(27)20(28)12-16)37(33,34)18-9-7-17(26)8-10-18/h2-12,23H,13-15H2,1H3/t23-/m1/s1. The van der Waals surface area contributed by atoms with Gasteiger partial charge < -0.3 is 14.4 Å². The average molecular weight is 584 g/mol. The highest BCUT2D eigenvalue weighted by Crippen LogP contribution is 2.34. The van der Waals surface area contributed by atoms with Gasteiger partial charge in [0.2, 0.25) is 22.0 Å². The summed E-state index contributed by atoms with van der Waals surface area (Å²) in [5.41, 5.74) is 0.931. The van der Waals surface area contributed by atoms with Crippen LogP contribution in [0.4, 0.5) is 5.69 Å². The Kier molecular flexibility index (Phi) is 8.30. The van der Waals surface area contributed by atoms with E-state index in [0.29, 0.717) is 27.0 Å². The van der Waals surface area contributed by atoms with E-state index in [4.69, 9.17) is 44.3 Å². The molecule has 3 aromatic carbocycles. The average Bonchev–Trinajstić information content (AvgIpc) is 2.89. The Morgan fingerprint density at radius 1 is 1.03 bits per heavy atom. The number of anilines is 1. The van der Waals surface area contributed by atoms with Crippen LogP contribution in [0.25, 0.3) is 0 Å². The molecule has 3 aromatic rings. The number of methoxy groups -OCH3 is 1. The van der Waals surface area contributed by atoms with E-state index in [-0.39, 0.29) is 23.0 Å². The molecule has 0 radical (unpaired) electrons. The van der Waals surface area contributed by atoms with E-state index in [1.807, 2.05) is 0 Å². The number of carbonyl (C=O) groups is 2. The van der Waals surface area contributed by atoms with Gasteiger partial charge in [0.05, 0.1) is 40.8 Å². The highest BCUT2D eigenvalue weighted by Gasteiger charge is 2.36. The second-order valence-corrected chi connectivity index (χ2v) is 11.3. The molecule has 0 unspecified atom stereocenters. The van der Waals surface area contributed by atoms with Crippen molar-refractivity contribution in [1.29, 1.82) is 0 Å². The molecule has 0 bridgehead atoms. The summed E-state index contributed by atoms with van der Waals surface area (Å²) in [5.74, 6) is -0.926. The van der Waals surface area contributed by atoms with Crippen molar-refractivity contribution in [3.05, 3.63) is 87.4 Å². The first-order valence-electron chi connectivity index (χ1n) is 10.9. The molecule has 0 spiro atoms. The third kappa shape index (κ3) is 6.02. The van der Waals surface area contributed by atoms with Crippen LogP contribution in [0.5, 0.6) is 5.75 Å². The fourth-order valence-corrected chi connectivity index (χ4v) is 5.61. The fourth-order valence-electron chi connectivity index (χ4n) is 3.78. The van der Waals surface area contributed by atoms with Crippen LogP contribution < -0.4 is 9.64 Å². The van der Waals surface area contributed by atoms with E-state index in [1.54, 1.807) is 36.4 Å². The third-order valence-electron chi connectivity index (χ3n) is 5.64. The Morgan fingerprint density at radius 2 is 1.73 bits per heavy atom. The van der Waals surface area contributed by atoms with Crippen LogP contribution in [-0.4, -0.2) is 50.9 Å². The molecule has 1 heterocycles. The molecular formula is C25H21Cl3N2O6S. The molecule has 1 atom stereocenters. The van der Waals surface area contributed by atoms with Crippen LogP contribution in [0.3, 0.4) is 0 Å². The third-order valence-corrected chi connectivity index (χ3v) is 8.44. The summed E-state index contributed by atoms with van der Waals surface area (Å²) < 4.78 is 38.8. The first-order valence-corrected chi connectivity index (χ1v) is 13.5. The highest BCUT2D eigenvalue weighted by atomic mass is 35.5. The zero-order valence-corrected chi connectivity index (χ0v) is 22.5. The van der Waals surface area contributed by atoms with Gasteiger partial charge in [0, 0.05) is 11.6 Å². The summed E-state index contributed by atoms with van der Waals surface area (Å²) in [6, 6.07) is 17.0. The quantitative estimate of drug-likeness (QED) is 0.371. The SMILES string of the molecule is COC(=O)[C@H]1CN(C(=O)CN(Cc2ccc(Cl)c(Cl)c2)S(=O)(=O)c2ccc(Cl)cc2)c2ccccc2O1. The molecule has 194 valence electrons. The predicted octanol–water partition coefficient (Wildman–Crippen LogP) is 4.80.